The summed E-state index contributed by atoms with van der Waals surface area (Å²) in [5, 5.41) is 2.63. The van der Waals surface area contributed by atoms with Gasteiger partial charge >= 0.3 is 0 Å². The van der Waals surface area contributed by atoms with Crippen LogP contribution in [0, 0.1) is 0 Å². The Labute approximate surface area is 164 Å². The molecule has 0 bridgehead atoms. The summed E-state index contributed by atoms with van der Waals surface area (Å²) in [6.07, 6.45) is 0. The van der Waals surface area contributed by atoms with Gasteiger partial charge in [-0.05, 0) is 29.3 Å². The van der Waals surface area contributed by atoms with Crippen LogP contribution in [0.5, 0.6) is 0 Å². The van der Waals surface area contributed by atoms with Crippen molar-refractivity contribution in [2.75, 3.05) is 0 Å². The summed E-state index contributed by atoms with van der Waals surface area (Å²) in [5.41, 5.74) is 6.42. The largest absolute Gasteiger partial charge is 0.412 e. The molecule has 4 aromatic carbocycles. The Morgan fingerprint density at radius 3 is 1.86 bits per heavy atom. The van der Waals surface area contributed by atoms with E-state index in [-0.39, 0.29) is 11.0 Å². The highest BCUT2D eigenvalue weighted by Gasteiger charge is 2.12. The highest BCUT2D eigenvalue weighted by molar-refractivity contribution is 6.54. The van der Waals surface area contributed by atoms with Crippen molar-refractivity contribution in [3.8, 4) is 11.1 Å². The third-order valence-corrected chi connectivity index (χ3v) is 5.06. The number of fused-ring (bicyclic) bond motifs is 3. The topological polar surface area (TPSA) is 67.9 Å². The SMILES string of the molecule is B(c1ccccc1)n1c2ccccc2c2cc(-c3ccccc3)ccc21.O.O. The molecular formula is C24H22BNO2. The molecule has 0 saturated heterocycles. The predicted molar refractivity (Wildman–Crippen MR) is 121 cm³/mol. The van der Waals surface area contributed by atoms with E-state index in [0.29, 0.717) is 0 Å². The molecule has 0 fully saturated rings. The lowest BCUT2D eigenvalue weighted by atomic mass is 9.82. The van der Waals surface area contributed by atoms with Gasteiger partial charge in [-0.1, -0.05) is 90.4 Å². The molecule has 5 aromatic rings. The first kappa shape index (κ1) is 19.4. The molecule has 0 aliphatic rings. The number of nitrogens with zero attached hydrogens (tertiary/aromatic N) is 1. The molecule has 0 spiro atoms. The van der Waals surface area contributed by atoms with Gasteiger partial charge in [0.2, 0.25) is 0 Å². The number of hydrogen-bond acceptors (Lipinski definition) is 0. The maximum Gasteiger partial charge on any atom is 0.275 e. The van der Waals surface area contributed by atoms with Gasteiger partial charge in [-0.25, -0.2) is 0 Å². The maximum atomic E-state index is 2.43. The van der Waals surface area contributed by atoms with Crippen LogP contribution in [-0.4, -0.2) is 22.8 Å². The Kier molecular flexibility index (Phi) is 5.64. The molecule has 0 atom stereocenters. The minimum absolute atomic E-state index is 0. The summed E-state index contributed by atoms with van der Waals surface area (Å²) in [7, 11) is 0.884. The molecule has 5 rings (SSSR count). The molecular weight excluding hydrogens is 345 g/mol. The van der Waals surface area contributed by atoms with Gasteiger partial charge in [0.25, 0.3) is 7.41 Å². The van der Waals surface area contributed by atoms with Crippen LogP contribution in [0.3, 0.4) is 0 Å². The van der Waals surface area contributed by atoms with E-state index in [1.54, 1.807) is 0 Å². The van der Waals surface area contributed by atoms with Gasteiger partial charge in [0.1, 0.15) is 0 Å². The van der Waals surface area contributed by atoms with Crippen LogP contribution >= 0.6 is 0 Å². The fourth-order valence-corrected chi connectivity index (χ4v) is 3.80. The minimum atomic E-state index is 0. The van der Waals surface area contributed by atoms with E-state index < -0.39 is 0 Å². The number of hydrogen-bond donors (Lipinski definition) is 0. The van der Waals surface area contributed by atoms with Crippen LogP contribution in [0.15, 0.2) is 103 Å². The van der Waals surface area contributed by atoms with E-state index in [2.05, 4.69) is 108 Å². The molecule has 0 aliphatic heterocycles. The van der Waals surface area contributed by atoms with Gasteiger partial charge in [-0.2, -0.15) is 0 Å². The molecule has 0 radical (unpaired) electrons. The Bertz CT molecular complexity index is 1200. The first-order valence-corrected chi connectivity index (χ1v) is 9.00. The van der Waals surface area contributed by atoms with Crippen LogP contribution in [0.1, 0.15) is 0 Å². The molecule has 1 heterocycles. The highest BCUT2D eigenvalue weighted by atomic mass is 16.0. The molecule has 138 valence electrons. The molecule has 1 aromatic heterocycles. The van der Waals surface area contributed by atoms with Gasteiger partial charge in [0.15, 0.2) is 0 Å². The van der Waals surface area contributed by atoms with Crippen molar-refractivity contribution in [2.24, 2.45) is 0 Å². The van der Waals surface area contributed by atoms with E-state index in [0.717, 1.165) is 7.41 Å². The van der Waals surface area contributed by atoms with Crippen LogP contribution in [-0.2, 0) is 0 Å². The molecule has 0 amide bonds. The van der Waals surface area contributed by atoms with Gasteiger partial charge in [0.05, 0.1) is 0 Å². The fourth-order valence-electron chi connectivity index (χ4n) is 3.80. The molecule has 28 heavy (non-hydrogen) atoms. The zero-order valence-corrected chi connectivity index (χ0v) is 15.5. The lowest BCUT2D eigenvalue weighted by Gasteiger charge is -2.07. The van der Waals surface area contributed by atoms with Crippen LogP contribution in [0.4, 0.5) is 0 Å². The fraction of sp³-hybridized carbons (Fsp3) is 0. The van der Waals surface area contributed by atoms with Crippen molar-refractivity contribution in [3.63, 3.8) is 0 Å². The van der Waals surface area contributed by atoms with Crippen molar-refractivity contribution >= 4 is 34.7 Å². The molecule has 0 saturated carbocycles. The number of aromatic nitrogens is 1. The summed E-state index contributed by atoms with van der Waals surface area (Å²) >= 11 is 0. The van der Waals surface area contributed by atoms with Crippen LogP contribution in [0.2, 0.25) is 0 Å². The Morgan fingerprint density at radius 1 is 0.500 bits per heavy atom. The maximum absolute atomic E-state index is 2.43. The monoisotopic (exact) mass is 367 g/mol. The second kappa shape index (κ2) is 8.13. The van der Waals surface area contributed by atoms with E-state index >= 15 is 0 Å². The predicted octanol–water partition coefficient (Wildman–Crippen LogP) is 3.34. The zero-order valence-electron chi connectivity index (χ0n) is 15.5. The lowest BCUT2D eigenvalue weighted by Crippen LogP contribution is -2.21. The summed E-state index contributed by atoms with van der Waals surface area (Å²) < 4.78 is 2.43. The van der Waals surface area contributed by atoms with Crippen LogP contribution < -0.4 is 5.46 Å². The van der Waals surface area contributed by atoms with E-state index in [9.17, 15) is 0 Å². The Morgan fingerprint density at radius 2 is 1.11 bits per heavy atom. The zero-order chi connectivity index (χ0) is 17.3. The minimum Gasteiger partial charge on any atom is -0.412 e. The van der Waals surface area contributed by atoms with Crippen LogP contribution in [0.25, 0.3) is 32.9 Å². The van der Waals surface area contributed by atoms with Crippen molar-refractivity contribution in [3.05, 3.63) is 103 Å². The third kappa shape index (κ3) is 3.31. The van der Waals surface area contributed by atoms with Crippen molar-refractivity contribution in [1.82, 2.24) is 4.48 Å². The first-order valence-electron chi connectivity index (χ1n) is 9.00. The smallest absolute Gasteiger partial charge is 0.275 e. The van der Waals surface area contributed by atoms with E-state index in [1.165, 1.54) is 38.4 Å². The average molecular weight is 367 g/mol. The van der Waals surface area contributed by atoms with E-state index in [1.807, 2.05) is 0 Å². The van der Waals surface area contributed by atoms with Gasteiger partial charge in [0, 0.05) is 21.8 Å². The van der Waals surface area contributed by atoms with Gasteiger partial charge in [-0.15, -0.1) is 0 Å². The second-order valence-electron chi connectivity index (χ2n) is 6.69. The van der Waals surface area contributed by atoms with Gasteiger partial charge < -0.3 is 15.4 Å². The third-order valence-electron chi connectivity index (χ3n) is 5.06. The Balaban J connectivity index is 0.00000112. The molecule has 3 nitrogen and oxygen atoms in total. The van der Waals surface area contributed by atoms with Crippen molar-refractivity contribution < 1.29 is 11.0 Å². The number of benzene rings is 4. The molecule has 0 aliphatic carbocycles. The number of rotatable bonds is 3. The lowest BCUT2D eigenvalue weighted by molar-refractivity contribution is 0.823. The van der Waals surface area contributed by atoms with E-state index in [4.69, 9.17) is 0 Å². The normalized spacial score (nSPS) is 10.3. The van der Waals surface area contributed by atoms with Crippen molar-refractivity contribution in [2.45, 2.75) is 0 Å². The quantitative estimate of drug-likeness (QED) is 0.439. The summed E-state index contributed by atoms with van der Waals surface area (Å²) in [5.74, 6) is 0. The summed E-state index contributed by atoms with van der Waals surface area (Å²) in [6, 6.07) is 36.8. The second-order valence-corrected chi connectivity index (χ2v) is 6.69. The highest BCUT2D eigenvalue weighted by Crippen LogP contribution is 2.32. The first-order chi connectivity index (χ1) is 12.9. The molecule has 4 heteroatoms. The number of para-hydroxylation sites is 1. The molecule has 0 unspecified atom stereocenters. The molecule has 4 N–H and O–H groups in total. The standard InChI is InChI=1S/C24H18BN.2H2O/c1-3-9-18(10-4-1)19-15-16-24-22(17-19)21-13-7-8-14-23(21)26(24)25-20-11-5-2-6-12-20;;/h1-17,25H;2*1H2. The van der Waals surface area contributed by atoms with Gasteiger partial charge in [-0.3, -0.25) is 0 Å². The summed E-state index contributed by atoms with van der Waals surface area (Å²) in [4.78, 5) is 0. The Hall–Kier alpha value is -3.34. The van der Waals surface area contributed by atoms with Crippen molar-refractivity contribution in [1.29, 1.82) is 0 Å². The average Bonchev–Trinajstić information content (AvgIpc) is 3.03. The summed E-state index contributed by atoms with van der Waals surface area (Å²) in [6.45, 7) is 0.